The lowest BCUT2D eigenvalue weighted by Crippen LogP contribution is -2.49. The molecular weight excluding hydrogens is 252 g/mol. The van der Waals surface area contributed by atoms with E-state index in [0.717, 1.165) is 32.1 Å². The van der Waals surface area contributed by atoms with E-state index in [-0.39, 0.29) is 12.2 Å². The average Bonchev–Trinajstić information content (AvgIpc) is 3.05. The third-order valence-electron chi connectivity index (χ3n) is 4.99. The molecule has 0 saturated carbocycles. The molecule has 5 unspecified atom stereocenters. The molecule has 3 fully saturated rings. The first-order valence-electron chi connectivity index (χ1n) is 8.33. The summed E-state index contributed by atoms with van der Waals surface area (Å²) in [7, 11) is 0. The summed E-state index contributed by atoms with van der Waals surface area (Å²) in [5.74, 6) is 0.918. The van der Waals surface area contributed by atoms with Gasteiger partial charge in [-0.1, -0.05) is 27.2 Å². The molecule has 0 spiro atoms. The molecule has 3 rings (SSSR count). The van der Waals surface area contributed by atoms with Crippen molar-refractivity contribution in [2.24, 2.45) is 5.92 Å². The Labute approximate surface area is 122 Å². The molecule has 5 atom stereocenters. The zero-order chi connectivity index (χ0) is 14.3. The smallest absolute Gasteiger partial charge is 0.241 e. The molecular formula is C16H28N2O2. The van der Waals surface area contributed by atoms with Crippen molar-refractivity contribution in [2.75, 3.05) is 0 Å². The Hall–Kier alpha value is -0.610. The normalized spacial score (nSPS) is 40.3. The fourth-order valence-electron chi connectivity index (χ4n) is 4.14. The largest absolute Gasteiger partial charge is 0.373 e. The number of carbonyl (C=O) groups is 1. The Kier molecular flexibility index (Phi) is 4.04. The van der Waals surface area contributed by atoms with Gasteiger partial charge in [-0.2, -0.15) is 0 Å². The van der Waals surface area contributed by atoms with Crippen LogP contribution in [0.15, 0.2) is 0 Å². The summed E-state index contributed by atoms with van der Waals surface area (Å²) in [4.78, 5) is 14.9. The quantitative estimate of drug-likeness (QED) is 0.840. The Morgan fingerprint density at radius 1 is 1.40 bits per heavy atom. The molecule has 0 radical (unpaired) electrons. The van der Waals surface area contributed by atoms with Crippen LogP contribution in [0.2, 0.25) is 0 Å². The number of amides is 1. The van der Waals surface area contributed by atoms with E-state index in [0.29, 0.717) is 30.1 Å². The van der Waals surface area contributed by atoms with Crippen molar-refractivity contribution in [3.63, 3.8) is 0 Å². The van der Waals surface area contributed by atoms with Crippen LogP contribution >= 0.6 is 0 Å². The van der Waals surface area contributed by atoms with Crippen molar-refractivity contribution in [3.8, 4) is 0 Å². The number of ether oxygens (including phenoxy) is 1. The van der Waals surface area contributed by atoms with Gasteiger partial charge < -0.3 is 9.64 Å². The van der Waals surface area contributed by atoms with Crippen LogP contribution in [-0.2, 0) is 9.53 Å². The van der Waals surface area contributed by atoms with Crippen molar-refractivity contribution in [1.29, 1.82) is 0 Å². The van der Waals surface area contributed by atoms with Crippen LogP contribution in [0.25, 0.3) is 0 Å². The van der Waals surface area contributed by atoms with Crippen LogP contribution in [0.4, 0.5) is 0 Å². The van der Waals surface area contributed by atoms with Crippen molar-refractivity contribution in [1.82, 2.24) is 10.2 Å². The first-order valence-corrected chi connectivity index (χ1v) is 8.33. The lowest BCUT2D eigenvalue weighted by Gasteiger charge is -2.34. The Bertz CT molecular complexity index is 371. The number of nitrogens with one attached hydrogen (secondary N) is 1. The molecule has 3 heterocycles. The highest BCUT2D eigenvalue weighted by atomic mass is 16.5. The van der Waals surface area contributed by atoms with Crippen LogP contribution < -0.4 is 5.32 Å². The third kappa shape index (κ3) is 2.48. The van der Waals surface area contributed by atoms with Gasteiger partial charge in [0.25, 0.3) is 0 Å². The van der Waals surface area contributed by atoms with Gasteiger partial charge in [0.1, 0.15) is 0 Å². The number of carbonyl (C=O) groups excluding carboxylic acids is 1. The molecule has 4 heteroatoms. The van der Waals surface area contributed by atoms with Gasteiger partial charge in [0.15, 0.2) is 0 Å². The monoisotopic (exact) mass is 280 g/mol. The van der Waals surface area contributed by atoms with Crippen LogP contribution in [0.1, 0.15) is 59.3 Å². The van der Waals surface area contributed by atoms with Crippen LogP contribution in [0.5, 0.6) is 0 Å². The summed E-state index contributed by atoms with van der Waals surface area (Å²) in [6, 6.07) is 0.349. The van der Waals surface area contributed by atoms with Crippen LogP contribution in [-0.4, -0.2) is 41.3 Å². The topological polar surface area (TPSA) is 41.6 Å². The van der Waals surface area contributed by atoms with E-state index in [9.17, 15) is 4.79 Å². The summed E-state index contributed by atoms with van der Waals surface area (Å²) in [5, 5.41) is 3.58. The molecule has 0 aromatic heterocycles. The van der Waals surface area contributed by atoms with Gasteiger partial charge in [-0.15, -0.1) is 0 Å². The van der Waals surface area contributed by atoms with Gasteiger partial charge in [0, 0.05) is 0 Å². The highest BCUT2D eigenvalue weighted by Crippen LogP contribution is 2.39. The Morgan fingerprint density at radius 3 is 2.75 bits per heavy atom. The zero-order valence-corrected chi connectivity index (χ0v) is 13.0. The van der Waals surface area contributed by atoms with Crippen molar-refractivity contribution >= 4 is 5.91 Å². The molecule has 0 aliphatic carbocycles. The van der Waals surface area contributed by atoms with Crippen molar-refractivity contribution in [3.05, 3.63) is 0 Å². The van der Waals surface area contributed by atoms with Gasteiger partial charge >= 0.3 is 0 Å². The minimum Gasteiger partial charge on any atom is -0.373 e. The Morgan fingerprint density at radius 2 is 2.20 bits per heavy atom. The summed E-state index contributed by atoms with van der Waals surface area (Å²) in [6.45, 7) is 6.61. The second-order valence-corrected chi connectivity index (χ2v) is 7.08. The second kappa shape index (κ2) is 5.64. The Balaban J connectivity index is 1.75. The SMILES string of the molecule is CCCC1NC(CC(C)C)N(C2CC3CCC2O3)C1=O. The maximum absolute atomic E-state index is 12.8. The molecule has 1 N–H and O–H groups in total. The molecule has 3 aliphatic heterocycles. The first kappa shape index (κ1) is 14.3. The molecule has 3 saturated heterocycles. The zero-order valence-electron chi connectivity index (χ0n) is 13.0. The fourth-order valence-corrected chi connectivity index (χ4v) is 4.14. The molecule has 2 bridgehead atoms. The van der Waals surface area contributed by atoms with E-state index in [1.807, 2.05) is 0 Å². The maximum Gasteiger partial charge on any atom is 0.241 e. The van der Waals surface area contributed by atoms with Gasteiger partial charge in [-0.25, -0.2) is 0 Å². The number of nitrogens with zero attached hydrogens (tertiary/aromatic N) is 1. The molecule has 20 heavy (non-hydrogen) atoms. The molecule has 3 aliphatic rings. The maximum atomic E-state index is 12.8. The average molecular weight is 280 g/mol. The molecule has 0 aromatic carbocycles. The van der Waals surface area contributed by atoms with Crippen molar-refractivity contribution < 1.29 is 9.53 Å². The molecule has 4 nitrogen and oxygen atoms in total. The van der Waals surface area contributed by atoms with Gasteiger partial charge in [-0.05, 0) is 38.0 Å². The molecule has 0 aromatic rings. The summed E-state index contributed by atoms with van der Waals surface area (Å²) < 4.78 is 5.97. The number of hydrogen-bond donors (Lipinski definition) is 1. The van der Waals surface area contributed by atoms with Crippen LogP contribution in [0, 0.1) is 5.92 Å². The van der Waals surface area contributed by atoms with E-state index in [1.54, 1.807) is 0 Å². The number of rotatable bonds is 5. The number of hydrogen-bond acceptors (Lipinski definition) is 3. The lowest BCUT2D eigenvalue weighted by molar-refractivity contribution is -0.133. The highest BCUT2D eigenvalue weighted by molar-refractivity contribution is 5.84. The van der Waals surface area contributed by atoms with Gasteiger partial charge in [0.2, 0.25) is 5.91 Å². The van der Waals surface area contributed by atoms with E-state index < -0.39 is 0 Å². The third-order valence-corrected chi connectivity index (χ3v) is 4.99. The highest BCUT2D eigenvalue weighted by Gasteiger charge is 2.50. The number of fused-ring (bicyclic) bond motifs is 2. The van der Waals surface area contributed by atoms with Crippen LogP contribution in [0.3, 0.4) is 0 Å². The van der Waals surface area contributed by atoms with Gasteiger partial charge in [-0.3, -0.25) is 10.1 Å². The second-order valence-electron chi connectivity index (χ2n) is 7.08. The minimum atomic E-state index is 0.0304. The van der Waals surface area contributed by atoms with Crippen molar-refractivity contribution in [2.45, 2.75) is 89.8 Å². The predicted molar refractivity (Wildman–Crippen MR) is 78.2 cm³/mol. The fraction of sp³-hybridized carbons (Fsp3) is 0.938. The lowest BCUT2D eigenvalue weighted by atomic mass is 9.93. The summed E-state index contributed by atoms with van der Waals surface area (Å²) >= 11 is 0. The predicted octanol–water partition coefficient (Wildman–Crippen LogP) is 2.28. The van der Waals surface area contributed by atoms with E-state index in [4.69, 9.17) is 4.74 Å². The van der Waals surface area contributed by atoms with E-state index >= 15 is 0 Å². The van der Waals surface area contributed by atoms with E-state index in [2.05, 4.69) is 31.0 Å². The molecule has 114 valence electrons. The minimum absolute atomic E-state index is 0.0304. The van der Waals surface area contributed by atoms with E-state index in [1.165, 1.54) is 6.42 Å². The standard InChI is InChI=1S/C16H28N2O2/c1-4-5-12-16(19)18(15(17-12)8-10(2)3)13-9-11-6-7-14(13)20-11/h10-15,17H,4-9H2,1-3H3. The summed E-state index contributed by atoms with van der Waals surface area (Å²) in [5.41, 5.74) is 0. The molecule has 1 amide bonds. The van der Waals surface area contributed by atoms with Gasteiger partial charge in [0.05, 0.1) is 30.5 Å². The summed E-state index contributed by atoms with van der Waals surface area (Å²) in [6.07, 6.45) is 7.32. The first-order chi connectivity index (χ1) is 9.60.